The third-order valence-corrected chi connectivity index (χ3v) is 7.84. The predicted molar refractivity (Wildman–Crippen MR) is 110 cm³/mol. The molecular formula is C17H14ClN3O3S3. The summed E-state index contributed by atoms with van der Waals surface area (Å²) >= 11 is 9.26. The Hall–Kier alpha value is -1.91. The van der Waals surface area contributed by atoms with Crippen LogP contribution in [0.4, 0.5) is 5.69 Å². The molecule has 27 heavy (non-hydrogen) atoms. The van der Waals surface area contributed by atoms with Gasteiger partial charge in [-0.05, 0) is 17.5 Å². The molecule has 0 fully saturated rings. The summed E-state index contributed by atoms with van der Waals surface area (Å²) in [4.78, 5) is 4.35. The molecule has 10 heteroatoms. The Morgan fingerprint density at radius 3 is 2.74 bits per heavy atom. The third kappa shape index (κ3) is 3.26. The number of thiazole rings is 1. The van der Waals surface area contributed by atoms with Crippen molar-refractivity contribution in [3.63, 3.8) is 0 Å². The van der Waals surface area contributed by atoms with Crippen LogP contribution in [-0.4, -0.2) is 25.1 Å². The topological polar surface area (TPSA) is 73.2 Å². The van der Waals surface area contributed by atoms with Crippen molar-refractivity contribution in [2.45, 2.75) is 10.9 Å². The van der Waals surface area contributed by atoms with Gasteiger partial charge < -0.3 is 9.30 Å². The number of nitrogens with zero attached hydrogens (tertiary/aromatic N) is 2. The Morgan fingerprint density at radius 2 is 2.07 bits per heavy atom. The molecule has 0 saturated heterocycles. The van der Waals surface area contributed by atoms with E-state index in [4.69, 9.17) is 16.3 Å². The second kappa shape index (κ2) is 7.25. The molecule has 0 radical (unpaired) electrons. The Bertz CT molecular complexity index is 1180. The lowest BCUT2D eigenvalue weighted by molar-refractivity contribution is 0.136. The number of methoxy groups -OCH3 is 1. The van der Waals surface area contributed by atoms with Crippen molar-refractivity contribution in [2.75, 3.05) is 11.8 Å². The first-order chi connectivity index (χ1) is 13.0. The number of rotatable bonds is 6. The smallest absolute Gasteiger partial charge is 0.271 e. The van der Waals surface area contributed by atoms with Gasteiger partial charge in [0, 0.05) is 24.1 Å². The van der Waals surface area contributed by atoms with E-state index >= 15 is 0 Å². The average Bonchev–Trinajstić information content (AvgIpc) is 3.37. The van der Waals surface area contributed by atoms with E-state index in [-0.39, 0.29) is 10.9 Å². The van der Waals surface area contributed by atoms with Gasteiger partial charge in [-0.25, -0.2) is 13.4 Å². The zero-order chi connectivity index (χ0) is 19.0. The number of aromatic nitrogens is 2. The summed E-state index contributed by atoms with van der Waals surface area (Å²) in [6, 6.07) is 8.59. The maximum atomic E-state index is 12.7. The molecule has 0 bridgehead atoms. The first-order valence-electron chi connectivity index (χ1n) is 7.79. The van der Waals surface area contributed by atoms with Crippen LogP contribution in [0.2, 0.25) is 5.02 Å². The standard InChI is InChI=1S/C17H14ClN3O3S3/c1-24-10-21-15-11(14(18)16(21)17-19-7-9-26-17)4-2-5-12(15)20-27(22,23)13-6-3-8-25-13/h2-9,20H,10H2,1H3. The molecule has 3 aromatic heterocycles. The molecule has 0 aliphatic rings. The van der Waals surface area contributed by atoms with Gasteiger partial charge in [-0.15, -0.1) is 22.7 Å². The largest absolute Gasteiger partial charge is 0.364 e. The number of halogens is 1. The van der Waals surface area contributed by atoms with Crippen molar-refractivity contribution in [3.8, 4) is 10.7 Å². The summed E-state index contributed by atoms with van der Waals surface area (Å²) in [5.74, 6) is 0. The highest BCUT2D eigenvalue weighted by atomic mass is 35.5. The van der Waals surface area contributed by atoms with Gasteiger partial charge in [0.1, 0.15) is 15.9 Å². The summed E-state index contributed by atoms with van der Waals surface area (Å²) in [6.07, 6.45) is 1.70. The minimum absolute atomic E-state index is 0.204. The van der Waals surface area contributed by atoms with Crippen molar-refractivity contribution in [2.24, 2.45) is 0 Å². The van der Waals surface area contributed by atoms with Crippen molar-refractivity contribution in [1.29, 1.82) is 0 Å². The first kappa shape index (κ1) is 18.5. The van der Waals surface area contributed by atoms with E-state index in [2.05, 4.69) is 9.71 Å². The van der Waals surface area contributed by atoms with E-state index in [0.717, 1.165) is 21.7 Å². The van der Waals surface area contributed by atoms with Gasteiger partial charge in [-0.3, -0.25) is 4.72 Å². The number of anilines is 1. The van der Waals surface area contributed by atoms with Crippen molar-refractivity contribution >= 4 is 60.9 Å². The van der Waals surface area contributed by atoms with Crippen LogP contribution in [0.3, 0.4) is 0 Å². The second-order valence-electron chi connectivity index (χ2n) is 5.58. The van der Waals surface area contributed by atoms with Crippen molar-refractivity contribution < 1.29 is 13.2 Å². The van der Waals surface area contributed by atoms with Crippen LogP contribution in [-0.2, 0) is 21.5 Å². The van der Waals surface area contributed by atoms with Gasteiger partial charge in [0.05, 0.1) is 21.9 Å². The fourth-order valence-corrected chi connectivity index (χ4v) is 6.03. The molecule has 3 heterocycles. The van der Waals surface area contributed by atoms with Crippen LogP contribution in [0.5, 0.6) is 0 Å². The number of nitrogens with one attached hydrogen (secondary N) is 1. The average molecular weight is 440 g/mol. The number of sulfonamides is 1. The number of fused-ring (bicyclic) bond motifs is 1. The Kier molecular flexibility index (Phi) is 4.95. The molecule has 0 atom stereocenters. The Morgan fingerprint density at radius 1 is 1.22 bits per heavy atom. The molecule has 6 nitrogen and oxygen atoms in total. The van der Waals surface area contributed by atoms with Crippen LogP contribution >= 0.6 is 34.3 Å². The van der Waals surface area contributed by atoms with E-state index in [1.165, 1.54) is 11.3 Å². The lowest BCUT2D eigenvalue weighted by Crippen LogP contribution is -2.13. The zero-order valence-corrected chi connectivity index (χ0v) is 17.3. The van der Waals surface area contributed by atoms with Gasteiger partial charge in [-0.1, -0.05) is 29.8 Å². The summed E-state index contributed by atoms with van der Waals surface area (Å²) in [5.41, 5.74) is 1.78. The molecule has 0 aliphatic heterocycles. The maximum Gasteiger partial charge on any atom is 0.271 e. The molecular weight excluding hydrogens is 426 g/mol. The molecule has 0 saturated carbocycles. The molecule has 140 valence electrons. The second-order valence-corrected chi connectivity index (χ2v) is 9.71. The first-order valence-corrected chi connectivity index (χ1v) is 11.4. The number of thiophene rings is 1. The highest BCUT2D eigenvalue weighted by Crippen LogP contribution is 2.41. The zero-order valence-electron chi connectivity index (χ0n) is 14.0. The monoisotopic (exact) mass is 439 g/mol. The highest BCUT2D eigenvalue weighted by molar-refractivity contribution is 7.94. The Balaban J connectivity index is 1.94. The van der Waals surface area contributed by atoms with Crippen LogP contribution in [0.1, 0.15) is 0 Å². The summed E-state index contributed by atoms with van der Waals surface area (Å²) in [6.45, 7) is 0.204. The van der Waals surface area contributed by atoms with E-state index in [1.807, 2.05) is 16.0 Å². The fraction of sp³-hybridized carbons (Fsp3) is 0.118. The van der Waals surface area contributed by atoms with Crippen LogP contribution in [0, 0.1) is 0 Å². The molecule has 4 aromatic rings. The van der Waals surface area contributed by atoms with Crippen molar-refractivity contribution in [3.05, 3.63) is 52.3 Å². The van der Waals surface area contributed by atoms with E-state index in [0.29, 0.717) is 21.9 Å². The SMILES string of the molecule is COCn1c(-c2nccs2)c(Cl)c2cccc(NS(=O)(=O)c3cccs3)c21. The molecule has 0 unspecified atom stereocenters. The lowest BCUT2D eigenvalue weighted by atomic mass is 10.2. The predicted octanol–water partition coefficient (Wildman–Crippen LogP) is 4.88. The Labute approximate surface area is 169 Å². The fourth-order valence-electron chi connectivity index (χ4n) is 2.87. The van der Waals surface area contributed by atoms with Crippen LogP contribution in [0.15, 0.2) is 51.5 Å². The van der Waals surface area contributed by atoms with Crippen LogP contribution in [0.25, 0.3) is 21.6 Å². The quantitative estimate of drug-likeness (QED) is 0.464. The van der Waals surface area contributed by atoms with Gasteiger partial charge in [0.2, 0.25) is 0 Å². The third-order valence-electron chi connectivity index (χ3n) is 3.92. The maximum absolute atomic E-state index is 12.7. The minimum Gasteiger partial charge on any atom is -0.364 e. The minimum atomic E-state index is -3.69. The molecule has 0 aliphatic carbocycles. The summed E-state index contributed by atoms with van der Waals surface area (Å²) in [7, 11) is -2.12. The van der Waals surface area contributed by atoms with E-state index < -0.39 is 10.0 Å². The number of ether oxygens (including phenoxy) is 1. The molecule has 0 spiro atoms. The van der Waals surface area contributed by atoms with E-state index in [1.54, 1.807) is 43.0 Å². The van der Waals surface area contributed by atoms with Gasteiger partial charge in [0.25, 0.3) is 10.0 Å². The molecule has 0 amide bonds. The molecule has 1 N–H and O–H groups in total. The van der Waals surface area contributed by atoms with Crippen molar-refractivity contribution in [1.82, 2.24) is 9.55 Å². The summed E-state index contributed by atoms with van der Waals surface area (Å²) < 4.78 is 35.5. The number of hydrogen-bond donors (Lipinski definition) is 1. The highest BCUT2D eigenvalue weighted by Gasteiger charge is 2.23. The molecule has 4 rings (SSSR count). The van der Waals surface area contributed by atoms with Gasteiger partial charge >= 0.3 is 0 Å². The molecule has 1 aromatic carbocycles. The summed E-state index contributed by atoms with van der Waals surface area (Å²) in [5, 5.41) is 5.56. The van der Waals surface area contributed by atoms with Crippen LogP contribution < -0.4 is 4.72 Å². The number of para-hydroxylation sites is 1. The van der Waals surface area contributed by atoms with E-state index in [9.17, 15) is 8.42 Å². The number of benzene rings is 1. The van der Waals surface area contributed by atoms with Gasteiger partial charge in [-0.2, -0.15) is 0 Å². The number of hydrogen-bond acceptors (Lipinski definition) is 6. The van der Waals surface area contributed by atoms with Gasteiger partial charge in [0.15, 0.2) is 0 Å². The lowest BCUT2D eigenvalue weighted by Gasteiger charge is -2.12. The normalized spacial score (nSPS) is 11.9.